The van der Waals surface area contributed by atoms with Crippen molar-refractivity contribution in [2.24, 2.45) is 5.92 Å². The van der Waals surface area contributed by atoms with E-state index in [0.29, 0.717) is 17.9 Å². The lowest BCUT2D eigenvalue weighted by Gasteiger charge is -2.31. The summed E-state index contributed by atoms with van der Waals surface area (Å²) in [5.41, 5.74) is 1.45. The molecular formula is C19H24N4O2S. The summed E-state index contributed by atoms with van der Waals surface area (Å²) in [5, 5.41) is 4.53. The average molecular weight is 372 g/mol. The normalized spacial score (nSPS) is 18.1. The van der Waals surface area contributed by atoms with Gasteiger partial charge < -0.3 is 4.90 Å². The summed E-state index contributed by atoms with van der Waals surface area (Å²) in [6.45, 7) is 7.83. The van der Waals surface area contributed by atoms with Gasteiger partial charge in [-0.1, -0.05) is 13.8 Å². The maximum absolute atomic E-state index is 12.9. The van der Waals surface area contributed by atoms with Crippen LogP contribution in [0.2, 0.25) is 0 Å². The van der Waals surface area contributed by atoms with Crippen molar-refractivity contribution in [1.29, 1.82) is 0 Å². The van der Waals surface area contributed by atoms with E-state index in [2.05, 4.69) is 25.0 Å². The van der Waals surface area contributed by atoms with Gasteiger partial charge in [-0.2, -0.15) is 5.10 Å². The van der Waals surface area contributed by atoms with Crippen LogP contribution in [0.4, 0.5) is 0 Å². The Balaban J connectivity index is 1.75. The van der Waals surface area contributed by atoms with Crippen molar-refractivity contribution in [2.45, 2.75) is 46.6 Å². The van der Waals surface area contributed by atoms with E-state index in [1.807, 2.05) is 22.3 Å². The number of carbonyl (C=O) groups excluding carboxylic acids is 1. The van der Waals surface area contributed by atoms with Gasteiger partial charge in [0.05, 0.1) is 10.2 Å². The lowest BCUT2D eigenvalue weighted by molar-refractivity contribution is -0.133. The minimum absolute atomic E-state index is 0.0123. The molecule has 4 heterocycles. The van der Waals surface area contributed by atoms with Crippen LogP contribution in [0.1, 0.15) is 37.4 Å². The van der Waals surface area contributed by atoms with E-state index < -0.39 is 0 Å². The number of aryl methyl sites for hydroxylation is 2. The molecule has 0 radical (unpaired) electrons. The molecule has 0 aliphatic carbocycles. The van der Waals surface area contributed by atoms with Crippen LogP contribution in [0.15, 0.2) is 16.9 Å². The topological polar surface area (TPSA) is 59.6 Å². The van der Waals surface area contributed by atoms with Crippen molar-refractivity contribution < 1.29 is 4.79 Å². The number of piperidine rings is 1. The third-order valence-corrected chi connectivity index (χ3v) is 6.16. The predicted octanol–water partition coefficient (Wildman–Crippen LogP) is 2.84. The van der Waals surface area contributed by atoms with Gasteiger partial charge in [-0.25, -0.2) is 4.68 Å². The standard InChI is InChI=1S/C19H24N4O2S/c1-4-17-20-22(11-18(24)21-7-5-6-12(2)10-21)19(25)15-9-16-14(23(15)17)8-13(3)26-16/h8-9,12H,4-7,10-11H2,1-3H3. The van der Waals surface area contributed by atoms with Crippen LogP contribution in [0, 0.1) is 12.8 Å². The number of thiophene rings is 1. The molecule has 0 aromatic carbocycles. The first kappa shape index (κ1) is 17.3. The van der Waals surface area contributed by atoms with E-state index in [-0.39, 0.29) is 18.0 Å². The number of amides is 1. The number of carbonyl (C=O) groups is 1. The molecule has 6 nitrogen and oxygen atoms in total. The van der Waals surface area contributed by atoms with E-state index >= 15 is 0 Å². The fraction of sp³-hybridized carbons (Fsp3) is 0.526. The summed E-state index contributed by atoms with van der Waals surface area (Å²) in [7, 11) is 0. The maximum atomic E-state index is 12.9. The van der Waals surface area contributed by atoms with Crippen molar-refractivity contribution in [3.63, 3.8) is 0 Å². The van der Waals surface area contributed by atoms with Crippen LogP contribution >= 0.6 is 11.3 Å². The van der Waals surface area contributed by atoms with Crippen molar-refractivity contribution in [3.8, 4) is 0 Å². The molecule has 26 heavy (non-hydrogen) atoms. The summed E-state index contributed by atoms with van der Waals surface area (Å²) < 4.78 is 4.39. The lowest BCUT2D eigenvalue weighted by atomic mass is 10.0. The summed E-state index contributed by atoms with van der Waals surface area (Å²) in [5.74, 6) is 1.32. The van der Waals surface area contributed by atoms with E-state index in [1.165, 1.54) is 9.56 Å². The third-order valence-electron chi connectivity index (χ3n) is 5.17. The summed E-state index contributed by atoms with van der Waals surface area (Å²) in [6.07, 6.45) is 2.89. The highest BCUT2D eigenvalue weighted by atomic mass is 32.1. The quantitative estimate of drug-likeness (QED) is 0.710. The van der Waals surface area contributed by atoms with Crippen LogP contribution in [-0.2, 0) is 17.8 Å². The summed E-state index contributed by atoms with van der Waals surface area (Å²) in [4.78, 5) is 28.7. The number of likely N-dealkylation sites (tertiary alicyclic amines) is 1. The molecular weight excluding hydrogens is 348 g/mol. The molecule has 1 aliphatic rings. The monoisotopic (exact) mass is 372 g/mol. The molecule has 1 atom stereocenters. The number of rotatable bonds is 3. The smallest absolute Gasteiger partial charge is 0.291 e. The van der Waals surface area contributed by atoms with Crippen molar-refractivity contribution in [1.82, 2.24) is 19.1 Å². The molecule has 1 saturated heterocycles. The lowest BCUT2D eigenvalue weighted by Crippen LogP contribution is -2.43. The average Bonchev–Trinajstić information content (AvgIpc) is 3.13. The van der Waals surface area contributed by atoms with Gasteiger partial charge in [0.25, 0.3) is 5.56 Å². The fourth-order valence-electron chi connectivity index (χ4n) is 3.89. The van der Waals surface area contributed by atoms with E-state index in [9.17, 15) is 9.59 Å². The largest absolute Gasteiger partial charge is 0.341 e. The first-order valence-corrected chi connectivity index (χ1v) is 10.1. The minimum atomic E-state index is -0.193. The first-order valence-electron chi connectivity index (χ1n) is 9.27. The van der Waals surface area contributed by atoms with Crippen molar-refractivity contribution in [2.75, 3.05) is 13.1 Å². The van der Waals surface area contributed by atoms with Gasteiger partial charge in [-0.05, 0) is 37.8 Å². The third kappa shape index (κ3) is 2.84. The Bertz CT molecular complexity index is 1050. The Hall–Kier alpha value is -2.15. The zero-order valence-electron chi connectivity index (χ0n) is 15.5. The predicted molar refractivity (Wildman–Crippen MR) is 104 cm³/mol. The Morgan fingerprint density at radius 3 is 2.88 bits per heavy atom. The van der Waals surface area contributed by atoms with Gasteiger partial charge >= 0.3 is 0 Å². The molecule has 0 saturated carbocycles. The molecule has 0 bridgehead atoms. The van der Waals surface area contributed by atoms with Gasteiger partial charge in [0.2, 0.25) is 5.91 Å². The fourth-order valence-corrected chi connectivity index (χ4v) is 4.84. The first-order chi connectivity index (χ1) is 12.5. The molecule has 3 aromatic rings. The molecule has 1 fully saturated rings. The maximum Gasteiger partial charge on any atom is 0.291 e. The molecule has 0 spiro atoms. The molecule has 7 heteroatoms. The molecule has 3 aromatic heterocycles. The van der Waals surface area contributed by atoms with Gasteiger partial charge in [0, 0.05) is 24.4 Å². The van der Waals surface area contributed by atoms with Crippen LogP contribution < -0.4 is 5.56 Å². The molecule has 4 rings (SSSR count). The number of hydrogen-bond acceptors (Lipinski definition) is 4. The zero-order valence-corrected chi connectivity index (χ0v) is 16.3. The summed E-state index contributed by atoms with van der Waals surface area (Å²) >= 11 is 1.68. The highest BCUT2D eigenvalue weighted by molar-refractivity contribution is 7.19. The van der Waals surface area contributed by atoms with Crippen molar-refractivity contribution >= 4 is 33.0 Å². The second-order valence-corrected chi connectivity index (χ2v) is 8.58. The Kier molecular flexibility index (Phi) is 4.34. The van der Waals surface area contributed by atoms with E-state index in [0.717, 1.165) is 42.0 Å². The second-order valence-electron chi connectivity index (χ2n) is 7.29. The SMILES string of the molecule is CCc1nn(CC(=O)N2CCCC(C)C2)c(=O)c2cc3sc(C)cc3n12. The number of fused-ring (bicyclic) bond motifs is 3. The number of hydrogen-bond donors (Lipinski definition) is 0. The van der Waals surface area contributed by atoms with Gasteiger partial charge in [-0.3, -0.25) is 14.0 Å². The molecule has 0 N–H and O–H groups in total. The van der Waals surface area contributed by atoms with E-state index in [1.54, 1.807) is 11.3 Å². The van der Waals surface area contributed by atoms with Gasteiger partial charge in [0.15, 0.2) is 0 Å². The minimum Gasteiger partial charge on any atom is -0.341 e. The molecule has 1 amide bonds. The zero-order chi connectivity index (χ0) is 18.4. The van der Waals surface area contributed by atoms with E-state index in [4.69, 9.17) is 0 Å². The van der Waals surface area contributed by atoms with Crippen LogP contribution in [-0.4, -0.2) is 38.1 Å². The molecule has 1 aliphatic heterocycles. The van der Waals surface area contributed by atoms with Crippen LogP contribution in [0.25, 0.3) is 15.7 Å². The Morgan fingerprint density at radius 1 is 1.35 bits per heavy atom. The Morgan fingerprint density at radius 2 is 2.15 bits per heavy atom. The number of nitrogens with zero attached hydrogens (tertiary/aromatic N) is 4. The highest BCUT2D eigenvalue weighted by Gasteiger charge is 2.23. The Labute approximate surface area is 156 Å². The van der Waals surface area contributed by atoms with Crippen molar-refractivity contribution in [3.05, 3.63) is 33.2 Å². The molecule has 138 valence electrons. The number of aromatic nitrogens is 3. The molecule has 1 unspecified atom stereocenters. The van der Waals surface area contributed by atoms with Crippen LogP contribution in [0.5, 0.6) is 0 Å². The highest BCUT2D eigenvalue weighted by Crippen LogP contribution is 2.28. The van der Waals surface area contributed by atoms with Gasteiger partial charge in [-0.15, -0.1) is 11.3 Å². The van der Waals surface area contributed by atoms with Crippen LogP contribution in [0.3, 0.4) is 0 Å². The van der Waals surface area contributed by atoms with Gasteiger partial charge in [0.1, 0.15) is 17.9 Å². The second kappa shape index (κ2) is 6.54. The summed E-state index contributed by atoms with van der Waals surface area (Å²) in [6, 6.07) is 4.03.